The summed E-state index contributed by atoms with van der Waals surface area (Å²) in [7, 11) is -3.43. The van der Waals surface area contributed by atoms with Crippen LogP contribution in [0.15, 0.2) is 0 Å². The fourth-order valence-corrected chi connectivity index (χ4v) is 5.67. The number of aliphatic hydroxyl groups excluding tert-OH is 1. The minimum Gasteiger partial charge on any atom is -0.395 e. The van der Waals surface area contributed by atoms with Crippen LogP contribution in [0.25, 0.3) is 0 Å². The van der Waals surface area contributed by atoms with E-state index < -0.39 is 10.2 Å². The molecule has 0 bridgehead atoms. The fourth-order valence-electron chi connectivity index (χ4n) is 3.58. The third kappa shape index (κ3) is 3.53. The zero-order chi connectivity index (χ0) is 14.8. The van der Waals surface area contributed by atoms with Gasteiger partial charge in [0.15, 0.2) is 0 Å². The summed E-state index contributed by atoms with van der Waals surface area (Å²) in [4.78, 5) is 0. The van der Waals surface area contributed by atoms with Crippen LogP contribution >= 0.6 is 0 Å². The van der Waals surface area contributed by atoms with Crippen LogP contribution in [0.2, 0.25) is 0 Å². The second kappa shape index (κ2) is 6.73. The maximum Gasteiger partial charge on any atom is 0.282 e. The molecule has 0 aliphatic carbocycles. The molecule has 2 aliphatic rings. The lowest BCUT2D eigenvalue weighted by atomic mass is 9.94. The lowest BCUT2D eigenvalue weighted by molar-refractivity contribution is 0.164. The highest BCUT2D eigenvalue weighted by molar-refractivity contribution is 7.86. The van der Waals surface area contributed by atoms with E-state index in [1.165, 1.54) is 0 Å². The van der Waals surface area contributed by atoms with Crippen molar-refractivity contribution in [3.63, 3.8) is 0 Å². The molecule has 1 N–H and O–H groups in total. The predicted octanol–water partition coefficient (Wildman–Crippen LogP) is 1.45. The number of rotatable bonds is 3. The van der Waals surface area contributed by atoms with Crippen molar-refractivity contribution in [2.24, 2.45) is 11.8 Å². The lowest BCUT2D eigenvalue weighted by Crippen LogP contribution is -2.53. The maximum absolute atomic E-state index is 12.9. The van der Waals surface area contributed by atoms with Gasteiger partial charge in [-0.3, -0.25) is 0 Å². The molecule has 118 valence electrons. The minimum atomic E-state index is -3.43. The Morgan fingerprint density at radius 2 is 1.75 bits per heavy atom. The van der Waals surface area contributed by atoms with E-state index >= 15 is 0 Å². The maximum atomic E-state index is 12.9. The first-order chi connectivity index (χ1) is 9.45. The molecular formula is C14H28N2O3S. The number of piperidine rings is 1. The van der Waals surface area contributed by atoms with Gasteiger partial charge in [-0.25, -0.2) is 0 Å². The lowest BCUT2D eigenvalue weighted by Gasteiger charge is -2.39. The molecule has 0 radical (unpaired) electrons. The highest BCUT2D eigenvalue weighted by Crippen LogP contribution is 2.27. The largest absolute Gasteiger partial charge is 0.395 e. The van der Waals surface area contributed by atoms with Gasteiger partial charge >= 0.3 is 0 Å². The first-order valence-electron chi connectivity index (χ1n) is 7.83. The zero-order valence-corrected chi connectivity index (χ0v) is 13.5. The number of hydrogen-bond donors (Lipinski definition) is 1. The summed E-state index contributed by atoms with van der Waals surface area (Å²) in [5.41, 5.74) is 0. The van der Waals surface area contributed by atoms with E-state index in [4.69, 9.17) is 0 Å². The molecule has 0 amide bonds. The van der Waals surface area contributed by atoms with Crippen molar-refractivity contribution in [1.29, 1.82) is 0 Å². The first-order valence-corrected chi connectivity index (χ1v) is 9.22. The van der Waals surface area contributed by atoms with Gasteiger partial charge in [0.05, 0.1) is 6.61 Å². The molecule has 0 spiro atoms. The van der Waals surface area contributed by atoms with E-state index in [-0.39, 0.29) is 12.6 Å². The Morgan fingerprint density at radius 1 is 1.10 bits per heavy atom. The van der Waals surface area contributed by atoms with Crippen LogP contribution in [0.3, 0.4) is 0 Å². The van der Waals surface area contributed by atoms with Gasteiger partial charge in [-0.1, -0.05) is 26.7 Å². The number of hydrogen-bond acceptors (Lipinski definition) is 3. The van der Waals surface area contributed by atoms with E-state index in [1.54, 1.807) is 8.61 Å². The van der Waals surface area contributed by atoms with Crippen LogP contribution in [0.5, 0.6) is 0 Å². The Balaban J connectivity index is 2.18. The van der Waals surface area contributed by atoms with E-state index in [9.17, 15) is 13.5 Å². The molecule has 5 nitrogen and oxygen atoms in total. The van der Waals surface area contributed by atoms with Crippen molar-refractivity contribution < 1.29 is 13.5 Å². The second-order valence-electron chi connectivity index (χ2n) is 6.57. The van der Waals surface area contributed by atoms with Crippen LogP contribution in [-0.4, -0.2) is 54.4 Å². The van der Waals surface area contributed by atoms with Gasteiger partial charge in [-0.2, -0.15) is 17.0 Å². The summed E-state index contributed by atoms with van der Waals surface area (Å²) in [5, 5.41) is 9.53. The van der Waals surface area contributed by atoms with E-state index in [1.807, 2.05) is 0 Å². The van der Waals surface area contributed by atoms with Gasteiger partial charge in [0.25, 0.3) is 10.2 Å². The van der Waals surface area contributed by atoms with Gasteiger partial charge in [0, 0.05) is 25.7 Å². The Bertz CT molecular complexity index is 403. The highest BCUT2D eigenvalue weighted by atomic mass is 32.2. The molecule has 2 rings (SSSR count). The molecule has 2 saturated heterocycles. The summed E-state index contributed by atoms with van der Waals surface area (Å²) in [6, 6.07) is -0.241. The molecule has 20 heavy (non-hydrogen) atoms. The fraction of sp³-hybridized carbons (Fsp3) is 1.00. The van der Waals surface area contributed by atoms with Crippen molar-refractivity contribution in [3.05, 3.63) is 0 Å². The first kappa shape index (κ1) is 16.2. The Morgan fingerprint density at radius 3 is 2.35 bits per heavy atom. The summed E-state index contributed by atoms with van der Waals surface area (Å²) in [6.45, 7) is 5.93. The summed E-state index contributed by atoms with van der Waals surface area (Å²) in [5.74, 6) is 0.821. The van der Waals surface area contributed by atoms with Crippen LogP contribution in [0, 0.1) is 11.8 Å². The van der Waals surface area contributed by atoms with E-state index in [0.29, 0.717) is 31.5 Å². The molecule has 2 heterocycles. The van der Waals surface area contributed by atoms with Crippen molar-refractivity contribution in [2.45, 2.75) is 52.0 Å². The molecule has 3 unspecified atom stereocenters. The number of aliphatic hydroxyl groups is 1. The number of nitrogens with zero attached hydrogens (tertiary/aromatic N) is 2. The molecule has 0 aromatic heterocycles. The Labute approximate surface area is 123 Å². The van der Waals surface area contributed by atoms with Crippen molar-refractivity contribution >= 4 is 10.2 Å². The molecule has 2 aliphatic heterocycles. The summed E-state index contributed by atoms with van der Waals surface area (Å²) in [6.07, 6.45) is 4.82. The van der Waals surface area contributed by atoms with Crippen LogP contribution in [-0.2, 0) is 10.2 Å². The molecule has 3 atom stereocenters. The predicted molar refractivity (Wildman–Crippen MR) is 79.5 cm³/mol. The van der Waals surface area contributed by atoms with Crippen LogP contribution < -0.4 is 0 Å². The normalized spacial score (nSPS) is 34.9. The molecule has 0 aromatic rings. The Hall–Kier alpha value is -0.170. The van der Waals surface area contributed by atoms with Crippen molar-refractivity contribution in [2.75, 3.05) is 26.2 Å². The average Bonchev–Trinajstić information content (AvgIpc) is 2.62. The summed E-state index contributed by atoms with van der Waals surface area (Å²) >= 11 is 0. The van der Waals surface area contributed by atoms with Gasteiger partial charge < -0.3 is 5.11 Å². The van der Waals surface area contributed by atoms with E-state index in [2.05, 4.69) is 13.8 Å². The van der Waals surface area contributed by atoms with Crippen LogP contribution in [0.1, 0.15) is 46.0 Å². The highest BCUT2D eigenvalue weighted by Gasteiger charge is 2.38. The topological polar surface area (TPSA) is 60.9 Å². The summed E-state index contributed by atoms with van der Waals surface area (Å²) < 4.78 is 29.0. The monoisotopic (exact) mass is 304 g/mol. The van der Waals surface area contributed by atoms with Gasteiger partial charge in [0.2, 0.25) is 0 Å². The quantitative estimate of drug-likeness (QED) is 0.858. The molecule has 6 heteroatoms. The van der Waals surface area contributed by atoms with Gasteiger partial charge in [-0.15, -0.1) is 0 Å². The molecule has 0 saturated carbocycles. The molecular weight excluding hydrogens is 276 g/mol. The molecule has 2 fully saturated rings. The third-order valence-electron chi connectivity index (χ3n) is 4.49. The smallest absolute Gasteiger partial charge is 0.282 e. The SMILES string of the molecule is CC1CC(C)CN(S(=O)(=O)N2CCCCCC2CO)C1. The standard InChI is InChI=1S/C14H28N2O3S/c1-12-8-13(2)10-15(9-12)20(18,19)16-7-5-3-4-6-14(16)11-17/h12-14,17H,3-11H2,1-2H3. The van der Waals surface area contributed by atoms with Crippen molar-refractivity contribution in [1.82, 2.24) is 8.61 Å². The van der Waals surface area contributed by atoms with Gasteiger partial charge in [-0.05, 0) is 31.1 Å². The van der Waals surface area contributed by atoms with E-state index in [0.717, 1.165) is 32.1 Å². The van der Waals surface area contributed by atoms with Crippen molar-refractivity contribution in [3.8, 4) is 0 Å². The zero-order valence-electron chi connectivity index (χ0n) is 12.7. The van der Waals surface area contributed by atoms with Gasteiger partial charge in [0.1, 0.15) is 0 Å². The average molecular weight is 304 g/mol. The minimum absolute atomic E-state index is 0.0713. The van der Waals surface area contributed by atoms with Crippen LogP contribution in [0.4, 0.5) is 0 Å². The third-order valence-corrected chi connectivity index (χ3v) is 6.52. The molecule has 0 aromatic carbocycles. The Kier molecular flexibility index (Phi) is 5.45. The second-order valence-corrected chi connectivity index (χ2v) is 8.45.